The Balaban J connectivity index is 2.55. The number of halogens is 2. The lowest BCUT2D eigenvalue weighted by Crippen LogP contribution is -2.03. The van der Waals surface area contributed by atoms with Crippen LogP contribution in [0.25, 0.3) is 11.4 Å². The van der Waals surface area contributed by atoms with Crippen LogP contribution >= 0.6 is 0 Å². The molecule has 2 aromatic rings. The van der Waals surface area contributed by atoms with Crippen molar-refractivity contribution in [2.45, 2.75) is 6.92 Å². The van der Waals surface area contributed by atoms with Crippen LogP contribution in [0.4, 0.5) is 14.6 Å². The van der Waals surface area contributed by atoms with Crippen molar-refractivity contribution in [2.75, 3.05) is 19.5 Å². The number of nitrogens with one attached hydrogen (secondary N) is 1. The van der Waals surface area contributed by atoms with Gasteiger partial charge in [-0.2, -0.15) is 0 Å². The fraction of sp³-hybridized carbons (Fsp3) is 0.231. The second kappa shape index (κ2) is 5.17. The number of aromatic nitrogens is 2. The van der Waals surface area contributed by atoms with Gasteiger partial charge in [-0.25, -0.2) is 18.7 Å². The lowest BCUT2D eigenvalue weighted by molar-refractivity contribution is 0.386. The number of rotatable bonds is 3. The maximum atomic E-state index is 13.6. The van der Waals surface area contributed by atoms with Gasteiger partial charge in [0.05, 0.1) is 12.8 Å². The maximum Gasteiger partial charge on any atom is 0.186 e. The predicted molar refractivity (Wildman–Crippen MR) is 68.2 cm³/mol. The molecule has 0 saturated carbocycles. The monoisotopic (exact) mass is 265 g/mol. The maximum absolute atomic E-state index is 13.6. The molecule has 0 radical (unpaired) electrons. The van der Waals surface area contributed by atoms with Gasteiger partial charge in [-0.1, -0.05) is 0 Å². The van der Waals surface area contributed by atoms with Crippen LogP contribution in [0, 0.1) is 18.6 Å². The van der Waals surface area contributed by atoms with Crippen LogP contribution < -0.4 is 10.1 Å². The number of hydrogen-bond donors (Lipinski definition) is 1. The van der Waals surface area contributed by atoms with Crippen LogP contribution in [0.15, 0.2) is 18.2 Å². The summed E-state index contributed by atoms with van der Waals surface area (Å²) in [5, 5.41) is 2.65. The summed E-state index contributed by atoms with van der Waals surface area (Å²) in [6.07, 6.45) is 0. The highest BCUT2D eigenvalue weighted by Gasteiger charge is 2.13. The van der Waals surface area contributed by atoms with Crippen molar-refractivity contribution >= 4 is 5.82 Å². The van der Waals surface area contributed by atoms with E-state index in [2.05, 4.69) is 15.3 Å². The van der Waals surface area contributed by atoms with Crippen molar-refractivity contribution in [1.82, 2.24) is 9.97 Å². The Morgan fingerprint density at radius 1 is 1.21 bits per heavy atom. The average Bonchev–Trinajstić information content (AvgIpc) is 2.42. The Morgan fingerprint density at radius 3 is 2.58 bits per heavy atom. The topological polar surface area (TPSA) is 47.0 Å². The molecule has 0 unspecified atom stereocenters. The van der Waals surface area contributed by atoms with Gasteiger partial charge in [0.2, 0.25) is 0 Å². The van der Waals surface area contributed by atoms with E-state index in [9.17, 15) is 8.78 Å². The first kappa shape index (κ1) is 13.2. The highest BCUT2D eigenvalue weighted by molar-refractivity contribution is 5.60. The van der Waals surface area contributed by atoms with E-state index in [-0.39, 0.29) is 17.3 Å². The number of anilines is 1. The minimum Gasteiger partial charge on any atom is -0.494 e. The number of benzene rings is 1. The highest BCUT2D eigenvalue weighted by Crippen LogP contribution is 2.26. The molecule has 1 heterocycles. The predicted octanol–water partition coefficient (Wildman–Crippen LogP) is 2.78. The van der Waals surface area contributed by atoms with Gasteiger partial charge in [0.1, 0.15) is 0 Å². The molecule has 0 aliphatic carbocycles. The van der Waals surface area contributed by atoms with Crippen LogP contribution in [0.1, 0.15) is 5.69 Å². The van der Waals surface area contributed by atoms with Gasteiger partial charge in [0.15, 0.2) is 29.0 Å². The van der Waals surface area contributed by atoms with Gasteiger partial charge in [0, 0.05) is 12.6 Å². The molecule has 1 aromatic carbocycles. The molecular weight excluding hydrogens is 252 g/mol. The van der Waals surface area contributed by atoms with Crippen LogP contribution in [0.5, 0.6) is 5.75 Å². The van der Waals surface area contributed by atoms with Crippen LogP contribution in [-0.4, -0.2) is 24.1 Å². The summed E-state index contributed by atoms with van der Waals surface area (Å²) < 4.78 is 31.9. The van der Waals surface area contributed by atoms with Crippen molar-refractivity contribution in [3.8, 4) is 17.1 Å². The molecular formula is C13H13F2N3O. The Labute approximate surface area is 109 Å². The first-order chi connectivity index (χ1) is 9.06. The number of methoxy groups -OCH3 is 1. The van der Waals surface area contributed by atoms with E-state index in [4.69, 9.17) is 4.74 Å². The van der Waals surface area contributed by atoms with E-state index in [1.54, 1.807) is 14.0 Å². The second-order valence-corrected chi connectivity index (χ2v) is 3.89. The molecule has 1 N–H and O–H groups in total. The Bertz CT molecular complexity index is 617. The van der Waals surface area contributed by atoms with E-state index in [1.807, 2.05) is 0 Å². The smallest absolute Gasteiger partial charge is 0.186 e. The normalized spacial score (nSPS) is 10.4. The SMILES string of the molecule is CNc1nc(-c2ccc(F)c(OC)c2)nc(C)c1F. The van der Waals surface area contributed by atoms with E-state index in [1.165, 1.54) is 25.3 Å². The minimum atomic E-state index is -0.500. The molecule has 0 atom stereocenters. The molecule has 0 bridgehead atoms. The molecule has 1 aromatic heterocycles. The molecule has 0 spiro atoms. The fourth-order valence-electron chi connectivity index (χ4n) is 1.65. The third-order valence-corrected chi connectivity index (χ3v) is 2.66. The molecule has 0 aliphatic heterocycles. The van der Waals surface area contributed by atoms with Gasteiger partial charge in [-0.3, -0.25) is 0 Å². The first-order valence-corrected chi connectivity index (χ1v) is 5.62. The molecule has 19 heavy (non-hydrogen) atoms. The van der Waals surface area contributed by atoms with Crippen LogP contribution in [0.2, 0.25) is 0 Å². The summed E-state index contributed by atoms with van der Waals surface area (Å²) >= 11 is 0. The standard InChI is InChI=1S/C13H13F2N3O/c1-7-11(15)13(16-2)18-12(17-7)8-4-5-9(14)10(6-8)19-3/h4-6H,1-3H3,(H,16,17,18). The number of aryl methyl sites for hydroxylation is 1. The van der Waals surface area contributed by atoms with Crippen molar-refractivity contribution < 1.29 is 13.5 Å². The van der Waals surface area contributed by atoms with E-state index in [0.717, 1.165) is 0 Å². The van der Waals surface area contributed by atoms with Crippen molar-refractivity contribution in [1.29, 1.82) is 0 Å². The van der Waals surface area contributed by atoms with Gasteiger partial charge in [-0.15, -0.1) is 0 Å². The summed E-state index contributed by atoms with van der Waals surface area (Å²) in [5.74, 6) is -0.472. The van der Waals surface area contributed by atoms with Crippen LogP contribution in [0.3, 0.4) is 0 Å². The molecule has 2 rings (SSSR count). The number of nitrogens with zero attached hydrogens (tertiary/aromatic N) is 2. The zero-order chi connectivity index (χ0) is 14.0. The zero-order valence-electron chi connectivity index (χ0n) is 10.8. The van der Waals surface area contributed by atoms with Crippen molar-refractivity contribution in [2.24, 2.45) is 0 Å². The minimum absolute atomic E-state index is 0.0917. The molecule has 4 nitrogen and oxygen atoms in total. The van der Waals surface area contributed by atoms with E-state index < -0.39 is 11.6 Å². The van der Waals surface area contributed by atoms with Crippen molar-refractivity contribution in [3.05, 3.63) is 35.5 Å². The lowest BCUT2D eigenvalue weighted by atomic mass is 10.2. The lowest BCUT2D eigenvalue weighted by Gasteiger charge is -2.08. The molecule has 0 aliphatic rings. The molecule has 0 amide bonds. The number of ether oxygens (including phenoxy) is 1. The molecule has 6 heteroatoms. The Hall–Kier alpha value is -2.24. The summed E-state index contributed by atoms with van der Waals surface area (Å²) in [6, 6.07) is 4.25. The van der Waals surface area contributed by atoms with E-state index in [0.29, 0.717) is 11.4 Å². The summed E-state index contributed by atoms with van der Waals surface area (Å²) in [6.45, 7) is 1.54. The second-order valence-electron chi connectivity index (χ2n) is 3.89. The fourth-order valence-corrected chi connectivity index (χ4v) is 1.65. The van der Waals surface area contributed by atoms with Gasteiger partial charge < -0.3 is 10.1 Å². The Morgan fingerprint density at radius 2 is 1.95 bits per heavy atom. The van der Waals surface area contributed by atoms with Gasteiger partial charge in [-0.05, 0) is 25.1 Å². The Kier molecular flexibility index (Phi) is 3.59. The molecule has 100 valence electrons. The zero-order valence-corrected chi connectivity index (χ0v) is 10.8. The first-order valence-electron chi connectivity index (χ1n) is 5.62. The van der Waals surface area contributed by atoms with Gasteiger partial charge in [0.25, 0.3) is 0 Å². The molecule has 0 fully saturated rings. The molecule has 0 saturated heterocycles. The summed E-state index contributed by atoms with van der Waals surface area (Å²) in [7, 11) is 2.94. The third kappa shape index (κ3) is 2.47. The number of hydrogen-bond acceptors (Lipinski definition) is 4. The summed E-state index contributed by atoms with van der Waals surface area (Å²) in [5.41, 5.74) is 0.774. The largest absolute Gasteiger partial charge is 0.494 e. The summed E-state index contributed by atoms with van der Waals surface area (Å²) in [4.78, 5) is 8.10. The van der Waals surface area contributed by atoms with Crippen molar-refractivity contribution in [3.63, 3.8) is 0 Å². The highest BCUT2D eigenvalue weighted by atomic mass is 19.1. The third-order valence-electron chi connectivity index (χ3n) is 2.66. The van der Waals surface area contributed by atoms with Crippen LogP contribution in [-0.2, 0) is 0 Å². The van der Waals surface area contributed by atoms with E-state index >= 15 is 0 Å². The average molecular weight is 265 g/mol. The quantitative estimate of drug-likeness (QED) is 0.927. The van der Waals surface area contributed by atoms with Gasteiger partial charge >= 0.3 is 0 Å².